The van der Waals surface area contributed by atoms with E-state index in [9.17, 15) is 0 Å². The van der Waals surface area contributed by atoms with Crippen LogP contribution in [0, 0.1) is 0 Å². The first-order valence-electron chi connectivity index (χ1n) is 18.9. The van der Waals surface area contributed by atoms with Gasteiger partial charge in [-0.25, -0.2) is 0 Å². The van der Waals surface area contributed by atoms with E-state index in [1.807, 2.05) is 11.3 Å². The number of fused-ring (bicyclic) bond motifs is 9. The maximum absolute atomic E-state index is 2.56. The van der Waals surface area contributed by atoms with Crippen LogP contribution in [0.15, 0.2) is 188 Å². The van der Waals surface area contributed by atoms with Gasteiger partial charge in [-0.2, -0.15) is 0 Å². The van der Waals surface area contributed by atoms with Crippen molar-refractivity contribution in [3.05, 3.63) is 221 Å². The van der Waals surface area contributed by atoms with E-state index >= 15 is 0 Å². The number of hydrogen-bond donors (Lipinski definition) is 0. The lowest BCUT2D eigenvalue weighted by Gasteiger charge is -2.32. The number of hydrogen-bond acceptors (Lipinski definition) is 2. The molecule has 1 aromatic heterocycles. The molecule has 1 nitrogen and oxygen atoms in total. The van der Waals surface area contributed by atoms with Crippen molar-refractivity contribution in [1.82, 2.24) is 0 Å². The van der Waals surface area contributed by atoms with Gasteiger partial charge < -0.3 is 4.90 Å². The third kappa shape index (κ3) is 4.20. The van der Waals surface area contributed by atoms with Gasteiger partial charge in [-0.05, 0) is 100 Å². The van der Waals surface area contributed by atoms with Crippen LogP contribution >= 0.6 is 11.3 Å². The lowest BCUT2D eigenvalue weighted by Crippen LogP contribution is -2.22. The van der Waals surface area contributed by atoms with Gasteiger partial charge in [0.25, 0.3) is 0 Å². The van der Waals surface area contributed by atoms with E-state index < -0.39 is 0 Å². The molecule has 0 amide bonds. The van der Waals surface area contributed by atoms with Crippen LogP contribution in [0.1, 0.15) is 47.2 Å². The molecule has 8 aromatic carbocycles. The minimum absolute atomic E-state index is 0.259. The molecular weight excluding hydrogens is 671 g/mol. The van der Waals surface area contributed by atoms with Crippen molar-refractivity contribution in [2.24, 2.45) is 0 Å². The molecule has 2 aliphatic carbocycles. The topological polar surface area (TPSA) is 3.24 Å². The molecule has 0 aliphatic heterocycles. The normalized spacial score (nSPS) is 18.0. The highest BCUT2D eigenvalue weighted by molar-refractivity contribution is 7.26. The summed E-state index contributed by atoms with van der Waals surface area (Å²) in [5.41, 5.74) is 16.2. The fourth-order valence-corrected chi connectivity index (χ4v) is 11.0. The summed E-state index contributed by atoms with van der Waals surface area (Å²) in [6, 6.07) is 70.0. The summed E-state index contributed by atoms with van der Waals surface area (Å²) >= 11 is 1.88. The minimum Gasteiger partial charge on any atom is -0.309 e. The van der Waals surface area contributed by atoms with Crippen molar-refractivity contribution in [3.8, 4) is 22.3 Å². The zero-order chi connectivity index (χ0) is 36.0. The van der Waals surface area contributed by atoms with E-state index in [1.54, 1.807) is 0 Å². The zero-order valence-corrected chi connectivity index (χ0v) is 31.1. The standard InChI is InChI=1S/C52H37NS/c1-51(34-17-5-3-6-18-34)41-24-12-9-21-37(41)40-33-36(31-32-43(40)51)53(46-28-16-30-48-50(46)39-23-11-14-29-47(39)54-48)45-27-15-26-44-49(45)38-22-10-13-25-42(38)52(44,2)35-19-7-4-8-20-35/h3-33H,1-2H3. The van der Waals surface area contributed by atoms with E-state index in [4.69, 9.17) is 0 Å². The zero-order valence-electron chi connectivity index (χ0n) is 30.3. The number of nitrogens with zero attached hydrogens (tertiary/aromatic N) is 1. The van der Waals surface area contributed by atoms with Gasteiger partial charge in [0.1, 0.15) is 0 Å². The summed E-state index contributed by atoms with van der Waals surface area (Å²) in [7, 11) is 0. The molecule has 1 heterocycles. The lowest BCUT2D eigenvalue weighted by molar-refractivity contribution is 0.713. The summed E-state index contributed by atoms with van der Waals surface area (Å²) < 4.78 is 2.60. The Bertz CT molecular complexity index is 2920. The van der Waals surface area contributed by atoms with Crippen molar-refractivity contribution < 1.29 is 0 Å². The quantitative estimate of drug-likeness (QED) is 0.172. The molecule has 0 radical (unpaired) electrons. The second-order valence-corrected chi connectivity index (χ2v) is 16.2. The van der Waals surface area contributed by atoms with E-state index in [-0.39, 0.29) is 10.8 Å². The summed E-state index contributed by atoms with van der Waals surface area (Å²) in [5.74, 6) is 0. The highest BCUT2D eigenvalue weighted by atomic mass is 32.1. The average molecular weight is 708 g/mol. The second kappa shape index (κ2) is 11.6. The predicted molar refractivity (Wildman–Crippen MR) is 229 cm³/mol. The molecule has 54 heavy (non-hydrogen) atoms. The third-order valence-corrected chi connectivity index (χ3v) is 13.6. The monoisotopic (exact) mass is 707 g/mol. The lowest BCUT2D eigenvalue weighted by atomic mass is 9.74. The van der Waals surface area contributed by atoms with Crippen LogP contribution in [0.3, 0.4) is 0 Å². The summed E-state index contributed by atoms with van der Waals surface area (Å²) in [6.45, 7) is 4.80. The Morgan fingerprint density at radius 1 is 0.407 bits per heavy atom. The van der Waals surface area contributed by atoms with Crippen molar-refractivity contribution in [3.63, 3.8) is 0 Å². The summed E-state index contributed by atoms with van der Waals surface area (Å²) in [6.07, 6.45) is 0. The van der Waals surface area contributed by atoms with E-state index in [1.165, 1.54) is 87.2 Å². The van der Waals surface area contributed by atoms with E-state index in [0.717, 1.165) is 5.69 Å². The maximum Gasteiger partial charge on any atom is 0.0555 e. The molecule has 2 atom stereocenters. The molecule has 0 fully saturated rings. The Hall–Kier alpha value is -6.22. The Morgan fingerprint density at radius 2 is 0.944 bits per heavy atom. The molecule has 256 valence electrons. The highest BCUT2D eigenvalue weighted by Crippen LogP contribution is 2.59. The van der Waals surface area contributed by atoms with Crippen LogP contribution in [-0.2, 0) is 10.8 Å². The van der Waals surface area contributed by atoms with Crippen molar-refractivity contribution in [2.75, 3.05) is 4.90 Å². The predicted octanol–water partition coefficient (Wildman–Crippen LogP) is 14.2. The highest BCUT2D eigenvalue weighted by Gasteiger charge is 2.44. The van der Waals surface area contributed by atoms with Gasteiger partial charge in [0, 0.05) is 42.3 Å². The van der Waals surface area contributed by atoms with E-state index in [2.05, 4.69) is 207 Å². The fourth-order valence-electron chi connectivity index (χ4n) is 9.85. The first-order chi connectivity index (χ1) is 26.6. The number of benzene rings is 8. The molecule has 0 saturated heterocycles. The third-order valence-electron chi connectivity index (χ3n) is 12.4. The van der Waals surface area contributed by atoms with Gasteiger partial charge >= 0.3 is 0 Å². The molecule has 0 N–H and O–H groups in total. The van der Waals surface area contributed by atoms with Crippen LogP contribution in [0.4, 0.5) is 17.1 Å². The Balaban J connectivity index is 1.22. The molecule has 2 unspecified atom stereocenters. The van der Waals surface area contributed by atoms with Crippen LogP contribution in [0.25, 0.3) is 42.4 Å². The van der Waals surface area contributed by atoms with Gasteiger partial charge in [-0.1, -0.05) is 152 Å². The molecular formula is C52H37NS. The Labute approximate surface area is 320 Å². The molecule has 0 spiro atoms. The van der Waals surface area contributed by atoms with E-state index in [0.29, 0.717) is 0 Å². The Morgan fingerprint density at radius 3 is 1.70 bits per heavy atom. The molecule has 2 aliphatic rings. The van der Waals surface area contributed by atoms with Crippen molar-refractivity contribution >= 4 is 48.6 Å². The SMILES string of the molecule is CC1(c2ccccc2)c2ccccc2-c2cc(N(c3cccc4c3-c3ccccc3C4(C)c3ccccc3)c3cccc4sc5ccccc5c34)ccc21. The van der Waals surface area contributed by atoms with Gasteiger partial charge in [0.2, 0.25) is 0 Å². The van der Waals surface area contributed by atoms with Gasteiger partial charge in [-0.3, -0.25) is 0 Å². The molecule has 0 bridgehead atoms. The maximum atomic E-state index is 2.56. The average Bonchev–Trinajstić information content (AvgIpc) is 3.84. The summed E-state index contributed by atoms with van der Waals surface area (Å²) in [5, 5.41) is 2.59. The molecule has 9 aromatic rings. The number of rotatable bonds is 5. The van der Waals surface area contributed by atoms with Crippen molar-refractivity contribution in [2.45, 2.75) is 24.7 Å². The smallest absolute Gasteiger partial charge is 0.0555 e. The van der Waals surface area contributed by atoms with Crippen LogP contribution in [-0.4, -0.2) is 0 Å². The number of anilines is 3. The largest absolute Gasteiger partial charge is 0.309 e. The van der Waals surface area contributed by atoms with Crippen molar-refractivity contribution in [1.29, 1.82) is 0 Å². The van der Waals surface area contributed by atoms with Crippen LogP contribution in [0.5, 0.6) is 0 Å². The van der Waals surface area contributed by atoms with Crippen LogP contribution in [0.2, 0.25) is 0 Å². The molecule has 2 heteroatoms. The van der Waals surface area contributed by atoms with Crippen LogP contribution < -0.4 is 4.90 Å². The summed E-state index contributed by atoms with van der Waals surface area (Å²) in [4.78, 5) is 2.56. The first kappa shape index (κ1) is 31.3. The first-order valence-corrected chi connectivity index (χ1v) is 19.7. The Kier molecular flexibility index (Phi) is 6.75. The van der Waals surface area contributed by atoms with Gasteiger partial charge in [0.15, 0.2) is 0 Å². The van der Waals surface area contributed by atoms with Gasteiger partial charge in [-0.15, -0.1) is 11.3 Å². The second-order valence-electron chi connectivity index (χ2n) is 15.1. The molecule has 11 rings (SSSR count). The minimum atomic E-state index is -0.301. The molecule has 0 saturated carbocycles. The number of thiophene rings is 1. The van der Waals surface area contributed by atoms with Gasteiger partial charge in [0.05, 0.1) is 11.4 Å². The fraction of sp³-hybridized carbons (Fsp3) is 0.0769.